The Morgan fingerprint density at radius 1 is 1.75 bits per heavy atom. The fraction of sp³-hybridized carbons (Fsp3) is 0.222. The van der Waals surface area contributed by atoms with E-state index in [1.807, 2.05) is 0 Å². The van der Waals surface area contributed by atoms with Crippen molar-refractivity contribution in [3.05, 3.63) is 29.6 Å². The number of aromatic hydroxyl groups is 1. The Bertz CT molecular complexity index is 310. The zero-order valence-corrected chi connectivity index (χ0v) is 7.60. The van der Waals surface area contributed by atoms with E-state index in [9.17, 15) is 5.11 Å². The molecule has 1 heterocycles. The number of halogens is 1. The van der Waals surface area contributed by atoms with Gasteiger partial charge in [-0.25, -0.2) is 0 Å². The molecule has 2 nitrogen and oxygen atoms in total. The lowest BCUT2D eigenvalue weighted by molar-refractivity contribution is 0.462. The molecule has 0 atom stereocenters. The molecule has 0 saturated heterocycles. The van der Waals surface area contributed by atoms with Crippen LogP contribution in [0.1, 0.15) is 16.8 Å². The van der Waals surface area contributed by atoms with Gasteiger partial charge in [0.15, 0.2) is 0 Å². The summed E-state index contributed by atoms with van der Waals surface area (Å²) in [6.45, 7) is 5.33. The first-order chi connectivity index (χ1) is 5.70. The third-order valence-electron chi connectivity index (χ3n) is 1.73. The molecule has 1 aromatic heterocycles. The first kappa shape index (κ1) is 9.07. The van der Waals surface area contributed by atoms with Crippen molar-refractivity contribution in [2.24, 2.45) is 0 Å². The van der Waals surface area contributed by atoms with Gasteiger partial charge in [-0.15, -0.1) is 11.6 Å². The number of pyridine rings is 1. The van der Waals surface area contributed by atoms with Crippen LogP contribution in [0.3, 0.4) is 0 Å². The van der Waals surface area contributed by atoms with Gasteiger partial charge in [0.25, 0.3) is 0 Å². The zero-order chi connectivity index (χ0) is 9.14. The number of hydrogen-bond acceptors (Lipinski definition) is 2. The standard InChI is InChI=1S/C9H10ClNO/c1-3-7-5-11-6(2)9(12)8(7)4-10/h3,5,12H,1,4H2,2H3. The summed E-state index contributed by atoms with van der Waals surface area (Å²) in [4.78, 5) is 3.98. The average molecular weight is 184 g/mol. The van der Waals surface area contributed by atoms with Crippen molar-refractivity contribution in [2.75, 3.05) is 0 Å². The molecule has 64 valence electrons. The molecule has 0 aliphatic carbocycles. The van der Waals surface area contributed by atoms with Gasteiger partial charge in [-0.1, -0.05) is 12.7 Å². The zero-order valence-electron chi connectivity index (χ0n) is 6.84. The predicted octanol–water partition coefficient (Wildman–Crippen LogP) is 2.48. The van der Waals surface area contributed by atoms with E-state index >= 15 is 0 Å². The Hall–Kier alpha value is -1.02. The average Bonchev–Trinajstić information content (AvgIpc) is 2.09. The van der Waals surface area contributed by atoms with Crippen LogP contribution in [-0.2, 0) is 5.88 Å². The van der Waals surface area contributed by atoms with Gasteiger partial charge in [0.05, 0.1) is 11.6 Å². The summed E-state index contributed by atoms with van der Waals surface area (Å²) in [5, 5.41) is 9.51. The van der Waals surface area contributed by atoms with Gasteiger partial charge in [-0.2, -0.15) is 0 Å². The number of nitrogens with zero attached hydrogens (tertiary/aromatic N) is 1. The summed E-state index contributed by atoms with van der Waals surface area (Å²) in [6, 6.07) is 0. The maximum atomic E-state index is 9.51. The largest absolute Gasteiger partial charge is 0.506 e. The molecule has 12 heavy (non-hydrogen) atoms. The van der Waals surface area contributed by atoms with Crippen LogP contribution in [0.25, 0.3) is 6.08 Å². The number of hydrogen-bond donors (Lipinski definition) is 1. The van der Waals surface area contributed by atoms with E-state index in [2.05, 4.69) is 11.6 Å². The summed E-state index contributed by atoms with van der Waals surface area (Å²) in [5.41, 5.74) is 2.07. The SMILES string of the molecule is C=Cc1cnc(C)c(O)c1CCl. The molecule has 1 aromatic rings. The van der Waals surface area contributed by atoms with E-state index in [4.69, 9.17) is 11.6 Å². The minimum Gasteiger partial charge on any atom is -0.506 e. The maximum Gasteiger partial charge on any atom is 0.141 e. The highest BCUT2D eigenvalue weighted by Gasteiger charge is 2.07. The second kappa shape index (κ2) is 3.59. The Labute approximate surface area is 76.5 Å². The first-order valence-electron chi connectivity index (χ1n) is 3.56. The molecule has 0 aliphatic heterocycles. The lowest BCUT2D eigenvalue weighted by Crippen LogP contribution is -1.91. The highest BCUT2D eigenvalue weighted by Crippen LogP contribution is 2.25. The molecule has 0 radical (unpaired) electrons. The van der Waals surface area contributed by atoms with Crippen molar-refractivity contribution in [1.82, 2.24) is 4.98 Å². The molecule has 0 bridgehead atoms. The van der Waals surface area contributed by atoms with E-state index in [1.165, 1.54) is 0 Å². The molecular formula is C9H10ClNO. The van der Waals surface area contributed by atoms with Gasteiger partial charge in [0.2, 0.25) is 0 Å². The minimum atomic E-state index is 0.169. The van der Waals surface area contributed by atoms with E-state index < -0.39 is 0 Å². The lowest BCUT2D eigenvalue weighted by atomic mass is 10.1. The van der Waals surface area contributed by atoms with Crippen molar-refractivity contribution in [2.45, 2.75) is 12.8 Å². The Morgan fingerprint density at radius 2 is 2.42 bits per heavy atom. The Morgan fingerprint density at radius 3 is 2.92 bits per heavy atom. The van der Waals surface area contributed by atoms with Gasteiger partial charge in [-0.05, 0) is 6.92 Å². The highest BCUT2D eigenvalue weighted by atomic mass is 35.5. The van der Waals surface area contributed by atoms with Crippen LogP contribution in [0.5, 0.6) is 5.75 Å². The summed E-state index contributed by atoms with van der Waals surface area (Å²) in [7, 11) is 0. The summed E-state index contributed by atoms with van der Waals surface area (Å²) < 4.78 is 0. The van der Waals surface area contributed by atoms with Gasteiger partial charge in [0.1, 0.15) is 5.75 Å². The van der Waals surface area contributed by atoms with Crippen molar-refractivity contribution >= 4 is 17.7 Å². The second-order valence-corrected chi connectivity index (χ2v) is 2.73. The van der Waals surface area contributed by atoms with Gasteiger partial charge in [-0.3, -0.25) is 4.98 Å². The van der Waals surface area contributed by atoms with E-state index in [0.717, 1.165) is 5.56 Å². The van der Waals surface area contributed by atoms with Gasteiger partial charge < -0.3 is 5.11 Å². The number of aromatic nitrogens is 1. The maximum absolute atomic E-state index is 9.51. The fourth-order valence-corrected chi connectivity index (χ4v) is 1.26. The van der Waals surface area contributed by atoms with Crippen LogP contribution in [0.2, 0.25) is 0 Å². The lowest BCUT2D eigenvalue weighted by Gasteiger charge is -2.06. The van der Waals surface area contributed by atoms with Crippen LogP contribution in [0, 0.1) is 6.92 Å². The Kier molecular flexibility index (Phi) is 2.71. The fourth-order valence-electron chi connectivity index (χ4n) is 0.977. The molecule has 1 rings (SSSR count). The number of rotatable bonds is 2. The normalized spacial score (nSPS) is 9.83. The van der Waals surface area contributed by atoms with Crippen LogP contribution < -0.4 is 0 Å². The minimum absolute atomic E-state index is 0.169. The molecule has 0 amide bonds. The van der Waals surface area contributed by atoms with Crippen LogP contribution in [0.4, 0.5) is 0 Å². The van der Waals surface area contributed by atoms with E-state index in [-0.39, 0.29) is 11.6 Å². The van der Waals surface area contributed by atoms with Crippen LogP contribution >= 0.6 is 11.6 Å². The molecular weight excluding hydrogens is 174 g/mol. The smallest absolute Gasteiger partial charge is 0.141 e. The van der Waals surface area contributed by atoms with Crippen LogP contribution in [-0.4, -0.2) is 10.1 Å². The second-order valence-electron chi connectivity index (χ2n) is 2.46. The molecule has 0 spiro atoms. The summed E-state index contributed by atoms with van der Waals surface area (Å²) in [5.74, 6) is 0.443. The molecule has 0 fully saturated rings. The van der Waals surface area contributed by atoms with Gasteiger partial charge in [0, 0.05) is 17.3 Å². The van der Waals surface area contributed by atoms with Crippen molar-refractivity contribution in [1.29, 1.82) is 0 Å². The van der Waals surface area contributed by atoms with Crippen molar-refractivity contribution in [3.63, 3.8) is 0 Å². The third-order valence-corrected chi connectivity index (χ3v) is 2.00. The van der Waals surface area contributed by atoms with E-state index in [1.54, 1.807) is 19.2 Å². The molecule has 0 saturated carbocycles. The topological polar surface area (TPSA) is 33.1 Å². The summed E-state index contributed by atoms with van der Waals surface area (Å²) >= 11 is 5.65. The predicted molar refractivity (Wildman–Crippen MR) is 50.3 cm³/mol. The van der Waals surface area contributed by atoms with Crippen LogP contribution in [0.15, 0.2) is 12.8 Å². The Balaban J connectivity index is 3.35. The molecule has 1 N–H and O–H groups in total. The van der Waals surface area contributed by atoms with E-state index in [0.29, 0.717) is 11.3 Å². The molecule has 0 aromatic carbocycles. The monoisotopic (exact) mass is 183 g/mol. The van der Waals surface area contributed by atoms with Crippen molar-refractivity contribution < 1.29 is 5.11 Å². The molecule has 0 unspecified atom stereocenters. The molecule has 3 heteroatoms. The quantitative estimate of drug-likeness (QED) is 0.715. The number of alkyl halides is 1. The number of aryl methyl sites for hydroxylation is 1. The molecule has 0 aliphatic rings. The highest BCUT2D eigenvalue weighted by molar-refractivity contribution is 6.17. The third kappa shape index (κ3) is 1.43. The summed E-state index contributed by atoms with van der Waals surface area (Å²) in [6.07, 6.45) is 3.28. The first-order valence-corrected chi connectivity index (χ1v) is 4.10. The van der Waals surface area contributed by atoms with Crippen molar-refractivity contribution in [3.8, 4) is 5.75 Å². The van der Waals surface area contributed by atoms with Gasteiger partial charge >= 0.3 is 0 Å².